The molecule has 0 atom stereocenters. The van der Waals surface area contributed by atoms with E-state index in [0.29, 0.717) is 18.3 Å². The molecule has 0 bridgehead atoms. The highest BCUT2D eigenvalue weighted by Gasteiger charge is 2.19. The fraction of sp³-hybridized carbons (Fsp3) is 0.176. The van der Waals surface area contributed by atoms with E-state index in [-0.39, 0.29) is 5.82 Å². The van der Waals surface area contributed by atoms with Crippen LogP contribution in [-0.2, 0) is 13.0 Å². The molecule has 0 amide bonds. The molecule has 0 unspecified atom stereocenters. The number of halogens is 1. The van der Waals surface area contributed by atoms with Gasteiger partial charge in [-0.25, -0.2) is 9.37 Å². The van der Waals surface area contributed by atoms with Crippen molar-refractivity contribution in [2.24, 2.45) is 0 Å². The van der Waals surface area contributed by atoms with Gasteiger partial charge in [-0.1, -0.05) is 18.2 Å². The van der Waals surface area contributed by atoms with E-state index in [1.165, 1.54) is 6.07 Å². The van der Waals surface area contributed by atoms with Crippen molar-refractivity contribution in [1.29, 1.82) is 0 Å². The lowest BCUT2D eigenvalue weighted by molar-refractivity contribution is 0.618. The molecule has 0 spiro atoms. The zero-order valence-corrected chi connectivity index (χ0v) is 12.0. The van der Waals surface area contributed by atoms with E-state index in [1.807, 2.05) is 30.3 Å². The number of nitrogens with two attached hydrogens (primary N) is 1. The summed E-state index contributed by atoms with van der Waals surface area (Å²) in [5.74, 6) is 0.940. The summed E-state index contributed by atoms with van der Waals surface area (Å²) in [6, 6.07) is 12.7. The Hall–Kier alpha value is -2.69. The Morgan fingerprint density at radius 1 is 1.05 bits per heavy atom. The lowest BCUT2D eigenvalue weighted by Crippen LogP contribution is -2.32. The second-order valence-electron chi connectivity index (χ2n) is 5.51. The maximum absolute atomic E-state index is 13.3. The van der Waals surface area contributed by atoms with Crippen LogP contribution in [0.5, 0.6) is 0 Å². The van der Waals surface area contributed by atoms with Crippen LogP contribution in [-0.4, -0.2) is 16.5 Å². The monoisotopic (exact) mass is 294 g/mol. The average molecular weight is 294 g/mol. The quantitative estimate of drug-likeness (QED) is 0.750. The third-order valence-corrected chi connectivity index (χ3v) is 4.08. The summed E-state index contributed by atoms with van der Waals surface area (Å²) in [7, 11) is 0. The number of aromatic nitrogens is 2. The minimum atomic E-state index is -0.182. The normalized spacial score (nSPS) is 14.1. The van der Waals surface area contributed by atoms with Gasteiger partial charge in [0.05, 0.1) is 5.52 Å². The Morgan fingerprint density at radius 3 is 2.82 bits per heavy atom. The van der Waals surface area contributed by atoms with Crippen LogP contribution in [0, 0.1) is 5.82 Å². The maximum Gasteiger partial charge on any atom is 0.228 e. The molecule has 4 nitrogen and oxygen atoms in total. The lowest BCUT2D eigenvalue weighted by Gasteiger charge is -2.29. The molecule has 0 saturated carbocycles. The molecule has 3 aromatic rings. The molecule has 2 N–H and O–H groups in total. The smallest absolute Gasteiger partial charge is 0.228 e. The number of hydrogen-bond acceptors (Lipinski definition) is 4. The van der Waals surface area contributed by atoms with Crippen LogP contribution in [0.2, 0.25) is 0 Å². The van der Waals surface area contributed by atoms with Gasteiger partial charge in [-0.3, -0.25) is 0 Å². The molecule has 1 aromatic heterocycles. The highest BCUT2D eigenvalue weighted by Crippen LogP contribution is 2.26. The van der Waals surface area contributed by atoms with E-state index in [9.17, 15) is 4.39 Å². The Balaban J connectivity index is 1.72. The first-order chi connectivity index (χ1) is 10.7. The van der Waals surface area contributed by atoms with Crippen LogP contribution in [0.3, 0.4) is 0 Å². The van der Waals surface area contributed by atoms with Crippen molar-refractivity contribution >= 4 is 22.7 Å². The molecule has 0 fully saturated rings. The van der Waals surface area contributed by atoms with Gasteiger partial charge in [0.2, 0.25) is 5.95 Å². The fourth-order valence-electron chi connectivity index (χ4n) is 2.92. The van der Waals surface area contributed by atoms with E-state index >= 15 is 0 Å². The van der Waals surface area contributed by atoms with Gasteiger partial charge in [-0.05, 0) is 41.8 Å². The maximum atomic E-state index is 13.3. The molecule has 0 radical (unpaired) electrons. The van der Waals surface area contributed by atoms with Crippen molar-refractivity contribution in [1.82, 2.24) is 9.97 Å². The summed E-state index contributed by atoms with van der Waals surface area (Å²) in [5, 5.41) is 0.866. The number of para-hydroxylation sites is 1. The fourth-order valence-corrected chi connectivity index (χ4v) is 2.92. The predicted molar refractivity (Wildman–Crippen MR) is 85.1 cm³/mol. The summed E-state index contributed by atoms with van der Waals surface area (Å²) in [6.07, 6.45) is 0.781. The van der Waals surface area contributed by atoms with E-state index in [2.05, 4.69) is 14.9 Å². The minimum absolute atomic E-state index is 0.182. The Kier molecular flexibility index (Phi) is 2.92. The largest absolute Gasteiger partial charge is 0.383 e. The summed E-state index contributed by atoms with van der Waals surface area (Å²) in [4.78, 5) is 11.1. The first-order valence-corrected chi connectivity index (χ1v) is 7.25. The summed E-state index contributed by atoms with van der Waals surface area (Å²) >= 11 is 0. The molecule has 1 aliphatic heterocycles. The minimum Gasteiger partial charge on any atom is -0.383 e. The highest BCUT2D eigenvalue weighted by molar-refractivity contribution is 5.88. The lowest BCUT2D eigenvalue weighted by atomic mass is 10.00. The van der Waals surface area contributed by atoms with Crippen molar-refractivity contribution < 1.29 is 4.39 Å². The van der Waals surface area contributed by atoms with Gasteiger partial charge in [-0.2, -0.15) is 4.98 Å². The third kappa shape index (κ3) is 2.15. The van der Waals surface area contributed by atoms with Crippen molar-refractivity contribution in [2.45, 2.75) is 13.0 Å². The van der Waals surface area contributed by atoms with E-state index in [1.54, 1.807) is 6.07 Å². The molecular formula is C17H15FN4. The first kappa shape index (κ1) is 13.0. The Bertz CT molecular complexity index is 862. The number of nitrogen functional groups attached to an aromatic ring is 1. The highest BCUT2D eigenvalue weighted by atomic mass is 19.1. The molecule has 2 aromatic carbocycles. The molecule has 110 valence electrons. The topological polar surface area (TPSA) is 55.0 Å². The van der Waals surface area contributed by atoms with Crippen LogP contribution >= 0.6 is 0 Å². The molecule has 4 rings (SSSR count). The average Bonchev–Trinajstić information content (AvgIpc) is 2.54. The van der Waals surface area contributed by atoms with Crippen LogP contribution in [0.15, 0.2) is 42.5 Å². The van der Waals surface area contributed by atoms with Gasteiger partial charge < -0.3 is 10.6 Å². The standard InChI is InChI=1S/C17H15FN4/c18-13-6-5-12-10-22(8-7-11(12)9-13)17-20-15-4-2-1-3-14(15)16(19)21-17/h1-6,9H,7-8,10H2,(H2,19,20,21). The first-order valence-electron chi connectivity index (χ1n) is 7.25. The van der Waals surface area contributed by atoms with Gasteiger partial charge >= 0.3 is 0 Å². The van der Waals surface area contributed by atoms with E-state index in [0.717, 1.165) is 35.0 Å². The van der Waals surface area contributed by atoms with Crippen LogP contribution in [0.25, 0.3) is 10.9 Å². The molecule has 0 aliphatic carbocycles. The van der Waals surface area contributed by atoms with Crippen molar-refractivity contribution in [3.8, 4) is 0 Å². The molecule has 2 heterocycles. The molecule has 1 aliphatic rings. The number of hydrogen-bond donors (Lipinski definition) is 1. The predicted octanol–water partition coefficient (Wildman–Crippen LogP) is 2.91. The second kappa shape index (κ2) is 4.94. The summed E-state index contributed by atoms with van der Waals surface area (Å²) in [5.41, 5.74) is 9.07. The van der Waals surface area contributed by atoms with Crippen LogP contribution in [0.4, 0.5) is 16.2 Å². The molecule has 22 heavy (non-hydrogen) atoms. The number of nitrogens with zero attached hydrogens (tertiary/aromatic N) is 3. The molecule has 0 saturated heterocycles. The van der Waals surface area contributed by atoms with Gasteiger partial charge in [0.25, 0.3) is 0 Å². The van der Waals surface area contributed by atoms with Gasteiger partial charge in [-0.15, -0.1) is 0 Å². The van der Waals surface area contributed by atoms with Gasteiger partial charge in [0.1, 0.15) is 11.6 Å². The zero-order valence-electron chi connectivity index (χ0n) is 12.0. The van der Waals surface area contributed by atoms with Crippen LogP contribution < -0.4 is 10.6 Å². The second-order valence-corrected chi connectivity index (χ2v) is 5.51. The number of rotatable bonds is 1. The SMILES string of the molecule is Nc1nc(N2CCc3cc(F)ccc3C2)nc2ccccc12. The number of fused-ring (bicyclic) bond motifs is 2. The van der Waals surface area contributed by atoms with Crippen molar-refractivity contribution in [2.75, 3.05) is 17.2 Å². The molecule has 5 heteroatoms. The Morgan fingerprint density at radius 2 is 1.91 bits per heavy atom. The van der Waals surface area contributed by atoms with E-state index < -0.39 is 0 Å². The number of anilines is 2. The van der Waals surface area contributed by atoms with Crippen molar-refractivity contribution in [3.05, 3.63) is 59.4 Å². The third-order valence-electron chi connectivity index (χ3n) is 4.08. The molecular weight excluding hydrogens is 279 g/mol. The summed E-state index contributed by atoms with van der Waals surface area (Å²) in [6.45, 7) is 1.43. The zero-order chi connectivity index (χ0) is 15.1. The van der Waals surface area contributed by atoms with Gasteiger partial charge in [0, 0.05) is 18.5 Å². The van der Waals surface area contributed by atoms with E-state index in [4.69, 9.17) is 5.73 Å². The van der Waals surface area contributed by atoms with Crippen molar-refractivity contribution in [3.63, 3.8) is 0 Å². The summed E-state index contributed by atoms with van der Waals surface area (Å²) < 4.78 is 13.3. The van der Waals surface area contributed by atoms with Gasteiger partial charge in [0.15, 0.2) is 0 Å². The Labute approximate surface area is 127 Å². The number of benzene rings is 2. The van der Waals surface area contributed by atoms with Crippen LogP contribution in [0.1, 0.15) is 11.1 Å².